The standard InChI is InChI=1S/C8H14N4/c1-3-10-8-4-7(5-9)11-6(2)12-8/h4H,3,5,9H2,1-2H3,(H,10,11,12). The third-order valence-corrected chi connectivity index (χ3v) is 1.46. The topological polar surface area (TPSA) is 63.8 Å². The van der Waals surface area contributed by atoms with E-state index in [-0.39, 0.29) is 0 Å². The average Bonchev–Trinajstić information content (AvgIpc) is 2.04. The van der Waals surface area contributed by atoms with Crippen molar-refractivity contribution in [3.8, 4) is 0 Å². The monoisotopic (exact) mass is 166 g/mol. The summed E-state index contributed by atoms with van der Waals surface area (Å²) in [7, 11) is 0. The van der Waals surface area contributed by atoms with Crippen LogP contribution in [0.4, 0.5) is 5.82 Å². The smallest absolute Gasteiger partial charge is 0.129 e. The zero-order valence-corrected chi connectivity index (χ0v) is 7.46. The largest absolute Gasteiger partial charge is 0.370 e. The minimum atomic E-state index is 0.460. The molecular weight excluding hydrogens is 152 g/mol. The van der Waals surface area contributed by atoms with Crippen LogP contribution in [0.2, 0.25) is 0 Å². The Hall–Kier alpha value is -1.16. The number of hydrogen-bond donors (Lipinski definition) is 2. The van der Waals surface area contributed by atoms with Gasteiger partial charge in [-0.3, -0.25) is 0 Å². The van der Waals surface area contributed by atoms with E-state index >= 15 is 0 Å². The van der Waals surface area contributed by atoms with Crippen molar-refractivity contribution in [1.82, 2.24) is 9.97 Å². The van der Waals surface area contributed by atoms with Crippen molar-refractivity contribution in [3.05, 3.63) is 17.6 Å². The van der Waals surface area contributed by atoms with Gasteiger partial charge in [0.1, 0.15) is 11.6 Å². The highest BCUT2D eigenvalue weighted by Gasteiger charge is 1.98. The maximum atomic E-state index is 5.47. The van der Waals surface area contributed by atoms with Crippen LogP contribution in [0.3, 0.4) is 0 Å². The molecule has 0 amide bonds. The van der Waals surface area contributed by atoms with Crippen LogP contribution in [-0.4, -0.2) is 16.5 Å². The quantitative estimate of drug-likeness (QED) is 0.693. The average molecular weight is 166 g/mol. The number of aryl methyl sites for hydroxylation is 1. The van der Waals surface area contributed by atoms with Crippen LogP contribution in [0.25, 0.3) is 0 Å². The van der Waals surface area contributed by atoms with Gasteiger partial charge < -0.3 is 11.1 Å². The van der Waals surface area contributed by atoms with E-state index in [1.165, 1.54) is 0 Å². The Morgan fingerprint density at radius 2 is 2.25 bits per heavy atom. The molecule has 0 spiro atoms. The zero-order valence-electron chi connectivity index (χ0n) is 7.46. The summed E-state index contributed by atoms with van der Waals surface area (Å²) >= 11 is 0. The number of hydrogen-bond acceptors (Lipinski definition) is 4. The van der Waals surface area contributed by atoms with Gasteiger partial charge in [-0.05, 0) is 13.8 Å². The Labute approximate surface area is 72.2 Å². The van der Waals surface area contributed by atoms with Gasteiger partial charge >= 0.3 is 0 Å². The highest BCUT2D eigenvalue weighted by atomic mass is 15.0. The summed E-state index contributed by atoms with van der Waals surface area (Å²) in [5, 5.41) is 3.12. The van der Waals surface area contributed by atoms with Crippen molar-refractivity contribution < 1.29 is 0 Å². The normalized spacial score (nSPS) is 9.92. The third kappa shape index (κ3) is 2.17. The van der Waals surface area contributed by atoms with Crippen molar-refractivity contribution in [2.75, 3.05) is 11.9 Å². The first-order valence-corrected chi connectivity index (χ1v) is 4.04. The van der Waals surface area contributed by atoms with Crippen molar-refractivity contribution >= 4 is 5.82 Å². The molecule has 0 saturated heterocycles. The molecule has 0 aromatic carbocycles. The van der Waals surface area contributed by atoms with Crippen LogP contribution in [0, 0.1) is 6.92 Å². The summed E-state index contributed by atoms with van der Waals surface area (Å²) in [4.78, 5) is 8.35. The van der Waals surface area contributed by atoms with Gasteiger partial charge in [-0.2, -0.15) is 0 Å². The number of nitrogens with two attached hydrogens (primary N) is 1. The van der Waals surface area contributed by atoms with Crippen molar-refractivity contribution in [3.63, 3.8) is 0 Å². The van der Waals surface area contributed by atoms with Crippen LogP contribution in [0.5, 0.6) is 0 Å². The number of rotatable bonds is 3. The van der Waals surface area contributed by atoms with Crippen LogP contribution < -0.4 is 11.1 Å². The van der Waals surface area contributed by atoms with Gasteiger partial charge in [-0.25, -0.2) is 9.97 Å². The second-order valence-electron chi connectivity index (χ2n) is 2.53. The van der Waals surface area contributed by atoms with Crippen LogP contribution >= 0.6 is 0 Å². The second-order valence-corrected chi connectivity index (χ2v) is 2.53. The maximum absolute atomic E-state index is 5.47. The van der Waals surface area contributed by atoms with Gasteiger partial charge in [-0.1, -0.05) is 0 Å². The minimum Gasteiger partial charge on any atom is -0.370 e. The van der Waals surface area contributed by atoms with Gasteiger partial charge in [0.15, 0.2) is 0 Å². The first-order chi connectivity index (χ1) is 5.76. The lowest BCUT2D eigenvalue weighted by Gasteiger charge is -2.04. The molecule has 3 N–H and O–H groups in total. The predicted octanol–water partition coefficient (Wildman–Crippen LogP) is 0.676. The number of nitrogens with zero attached hydrogens (tertiary/aromatic N) is 2. The lowest BCUT2D eigenvalue weighted by molar-refractivity contribution is 0.923. The van der Waals surface area contributed by atoms with Crippen LogP contribution in [0.1, 0.15) is 18.4 Å². The second kappa shape index (κ2) is 4.01. The molecule has 0 aliphatic rings. The summed E-state index contributed by atoms with van der Waals surface area (Å²) in [5.41, 5.74) is 6.34. The van der Waals surface area contributed by atoms with Crippen molar-refractivity contribution in [2.45, 2.75) is 20.4 Å². The fourth-order valence-electron chi connectivity index (χ4n) is 1.01. The molecule has 0 aliphatic carbocycles. The number of aromatic nitrogens is 2. The van der Waals surface area contributed by atoms with Crippen LogP contribution in [-0.2, 0) is 6.54 Å². The zero-order chi connectivity index (χ0) is 8.97. The molecule has 4 heteroatoms. The first kappa shape index (κ1) is 8.93. The van der Waals surface area contributed by atoms with Gasteiger partial charge in [0.05, 0.1) is 5.69 Å². The van der Waals surface area contributed by atoms with E-state index in [1.807, 2.05) is 19.9 Å². The summed E-state index contributed by atoms with van der Waals surface area (Å²) in [6.45, 7) is 5.21. The molecule has 0 unspecified atom stereocenters. The van der Waals surface area contributed by atoms with E-state index in [2.05, 4.69) is 15.3 Å². The Kier molecular flexibility index (Phi) is 2.99. The molecule has 1 aromatic heterocycles. The Bertz CT molecular complexity index is 259. The minimum absolute atomic E-state index is 0.460. The highest BCUT2D eigenvalue weighted by Crippen LogP contribution is 2.05. The van der Waals surface area contributed by atoms with E-state index < -0.39 is 0 Å². The lowest BCUT2D eigenvalue weighted by atomic mass is 10.4. The van der Waals surface area contributed by atoms with Crippen molar-refractivity contribution in [2.24, 2.45) is 5.73 Å². The summed E-state index contributed by atoms with van der Waals surface area (Å²) < 4.78 is 0. The number of anilines is 1. The Morgan fingerprint density at radius 1 is 1.50 bits per heavy atom. The SMILES string of the molecule is CCNc1cc(CN)nc(C)n1. The highest BCUT2D eigenvalue weighted by molar-refractivity contribution is 5.35. The van der Waals surface area contributed by atoms with E-state index in [0.717, 1.165) is 23.9 Å². The van der Waals surface area contributed by atoms with Gasteiger partial charge in [0.25, 0.3) is 0 Å². The molecule has 4 nitrogen and oxygen atoms in total. The summed E-state index contributed by atoms with van der Waals surface area (Å²) in [6.07, 6.45) is 0. The molecule has 0 aliphatic heterocycles. The van der Waals surface area contributed by atoms with E-state index in [9.17, 15) is 0 Å². The molecule has 1 heterocycles. The van der Waals surface area contributed by atoms with Crippen LogP contribution in [0.15, 0.2) is 6.07 Å². The number of nitrogens with one attached hydrogen (secondary N) is 1. The first-order valence-electron chi connectivity index (χ1n) is 4.04. The summed E-state index contributed by atoms with van der Waals surface area (Å²) in [5.74, 6) is 1.61. The molecule has 0 radical (unpaired) electrons. The fraction of sp³-hybridized carbons (Fsp3) is 0.500. The van der Waals surface area contributed by atoms with Gasteiger partial charge in [0, 0.05) is 19.2 Å². The fourth-order valence-corrected chi connectivity index (χ4v) is 1.01. The molecule has 1 rings (SSSR count). The Morgan fingerprint density at radius 3 is 2.83 bits per heavy atom. The molecule has 0 fully saturated rings. The third-order valence-electron chi connectivity index (χ3n) is 1.46. The van der Waals surface area contributed by atoms with Crippen molar-refractivity contribution in [1.29, 1.82) is 0 Å². The van der Waals surface area contributed by atoms with Gasteiger partial charge in [0.2, 0.25) is 0 Å². The summed E-state index contributed by atoms with van der Waals surface area (Å²) in [6, 6.07) is 1.87. The molecule has 0 saturated carbocycles. The molecule has 1 aromatic rings. The Balaban J connectivity index is 2.90. The molecule has 66 valence electrons. The van der Waals surface area contributed by atoms with Gasteiger partial charge in [-0.15, -0.1) is 0 Å². The lowest BCUT2D eigenvalue weighted by Crippen LogP contribution is -2.06. The maximum Gasteiger partial charge on any atom is 0.129 e. The molecule has 12 heavy (non-hydrogen) atoms. The van der Waals surface area contributed by atoms with E-state index in [0.29, 0.717) is 6.54 Å². The molecule has 0 atom stereocenters. The van der Waals surface area contributed by atoms with E-state index in [4.69, 9.17) is 5.73 Å². The van der Waals surface area contributed by atoms with E-state index in [1.54, 1.807) is 0 Å². The molecule has 0 bridgehead atoms. The predicted molar refractivity (Wildman–Crippen MR) is 48.8 cm³/mol. The molecular formula is C8H14N4.